The van der Waals surface area contributed by atoms with Gasteiger partial charge in [0, 0.05) is 41.1 Å². The van der Waals surface area contributed by atoms with Crippen LogP contribution in [0.25, 0.3) is 0 Å². The van der Waals surface area contributed by atoms with Gasteiger partial charge in [0.2, 0.25) is 0 Å². The van der Waals surface area contributed by atoms with E-state index in [0.29, 0.717) is 18.0 Å². The average Bonchev–Trinajstić information content (AvgIpc) is 2.16. The van der Waals surface area contributed by atoms with Gasteiger partial charge in [-0.2, -0.15) is 0 Å². The van der Waals surface area contributed by atoms with E-state index in [4.69, 9.17) is 0 Å². The zero-order valence-corrected chi connectivity index (χ0v) is 9.42. The van der Waals surface area contributed by atoms with E-state index in [1.807, 2.05) is 0 Å². The molecule has 0 radical (unpaired) electrons. The number of nitrogens with zero attached hydrogens (tertiary/aromatic N) is 1. The molecule has 0 saturated heterocycles. The lowest BCUT2D eigenvalue weighted by Gasteiger charge is -2.04. The highest BCUT2D eigenvalue weighted by molar-refractivity contribution is 7.84. The van der Waals surface area contributed by atoms with Crippen LogP contribution in [-0.2, 0) is 10.8 Å². The molecule has 88 valence electrons. The van der Waals surface area contributed by atoms with Crippen LogP contribution < -0.4 is 5.32 Å². The van der Waals surface area contributed by atoms with Crippen LogP contribution in [0.2, 0.25) is 0 Å². The molecule has 0 heterocycles. The lowest BCUT2D eigenvalue weighted by atomic mass is 10.2. The fraction of sp³-hybridized carbons (Fsp3) is 0.333. The minimum Gasteiger partial charge on any atom is -0.384 e. The molecule has 1 aromatic rings. The number of non-ortho nitro benzene ring substituents is 1. The van der Waals surface area contributed by atoms with Gasteiger partial charge in [0.15, 0.2) is 0 Å². The quantitative estimate of drug-likeness (QED) is 0.631. The minimum absolute atomic E-state index is 0.305. The Morgan fingerprint density at radius 1 is 1.50 bits per heavy atom. The highest BCUT2D eigenvalue weighted by Crippen LogP contribution is 2.19. The predicted molar refractivity (Wildman–Crippen MR) is 60.5 cm³/mol. The monoisotopic (exact) mass is 246 g/mol. The third-order valence-corrected chi connectivity index (χ3v) is 2.59. The van der Waals surface area contributed by atoms with Crippen LogP contribution in [-0.4, -0.2) is 27.7 Å². The Morgan fingerprint density at radius 2 is 2.19 bits per heavy atom. The second-order valence-electron chi connectivity index (χ2n) is 3.16. The van der Waals surface area contributed by atoms with Crippen molar-refractivity contribution in [2.24, 2.45) is 0 Å². The van der Waals surface area contributed by atoms with Gasteiger partial charge in [-0.05, 0) is 6.07 Å². The first kappa shape index (κ1) is 12.6. The molecule has 7 heteroatoms. The molecule has 0 aliphatic heterocycles. The predicted octanol–water partition coefficient (Wildman–Crippen LogP) is 1.52. The summed E-state index contributed by atoms with van der Waals surface area (Å²) in [5.41, 5.74) is 0.0114. The molecule has 0 bridgehead atoms. The van der Waals surface area contributed by atoms with Crippen LogP contribution in [0.4, 0.5) is 15.8 Å². The van der Waals surface area contributed by atoms with Crippen LogP contribution >= 0.6 is 0 Å². The number of nitro benzene ring substituents is 1. The maximum absolute atomic E-state index is 13.0. The van der Waals surface area contributed by atoms with Crippen molar-refractivity contribution in [1.82, 2.24) is 0 Å². The highest BCUT2D eigenvalue weighted by atomic mass is 32.2. The number of hydrogen-bond acceptors (Lipinski definition) is 4. The molecule has 0 aromatic heterocycles. The number of nitrogens with one attached hydrogen (secondary N) is 1. The average molecular weight is 246 g/mol. The molecule has 1 aromatic carbocycles. The summed E-state index contributed by atoms with van der Waals surface area (Å²) in [5, 5.41) is 13.2. The van der Waals surface area contributed by atoms with Crippen molar-refractivity contribution in [3.63, 3.8) is 0 Å². The lowest BCUT2D eigenvalue weighted by molar-refractivity contribution is -0.385. The molecule has 1 N–H and O–H groups in total. The van der Waals surface area contributed by atoms with Crippen molar-refractivity contribution in [2.45, 2.75) is 0 Å². The fourth-order valence-electron chi connectivity index (χ4n) is 1.12. The van der Waals surface area contributed by atoms with Crippen molar-refractivity contribution in [3.8, 4) is 0 Å². The van der Waals surface area contributed by atoms with Crippen LogP contribution in [0, 0.1) is 15.9 Å². The topological polar surface area (TPSA) is 72.2 Å². The van der Waals surface area contributed by atoms with Crippen molar-refractivity contribution < 1.29 is 13.5 Å². The summed E-state index contributed by atoms with van der Waals surface area (Å²) in [7, 11) is -0.949. The maximum Gasteiger partial charge on any atom is 0.274 e. The Bertz CT molecular complexity index is 425. The van der Waals surface area contributed by atoms with Crippen molar-refractivity contribution >= 4 is 22.2 Å². The second-order valence-corrected chi connectivity index (χ2v) is 4.71. The third kappa shape index (κ3) is 3.93. The van der Waals surface area contributed by atoms with Gasteiger partial charge in [0.25, 0.3) is 5.69 Å². The van der Waals surface area contributed by atoms with Crippen molar-refractivity contribution in [2.75, 3.05) is 23.9 Å². The zero-order chi connectivity index (χ0) is 12.1. The Kier molecular flexibility index (Phi) is 4.36. The molecule has 0 saturated carbocycles. The van der Waals surface area contributed by atoms with Gasteiger partial charge in [-0.1, -0.05) is 0 Å². The normalized spacial score (nSPS) is 12.1. The Labute approximate surface area is 94.3 Å². The first-order valence-corrected chi connectivity index (χ1v) is 6.20. The van der Waals surface area contributed by atoms with Gasteiger partial charge in [0.05, 0.1) is 11.0 Å². The summed E-state index contributed by atoms with van der Waals surface area (Å²) in [6, 6.07) is 3.25. The van der Waals surface area contributed by atoms with Gasteiger partial charge in [0.1, 0.15) is 5.82 Å². The summed E-state index contributed by atoms with van der Waals surface area (Å²) in [6.07, 6.45) is 1.55. The number of halogens is 1. The van der Waals surface area contributed by atoms with Gasteiger partial charge >= 0.3 is 0 Å². The van der Waals surface area contributed by atoms with E-state index in [1.54, 1.807) is 6.26 Å². The largest absolute Gasteiger partial charge is 0.384 e. The fourth-order valence-corrected chi connectivity index (χ4v) is 1.51. The molecule has 16 heavy (non-hydrogen) atoms. The molecule has 1 unspecified atom stereocenters. The van der Waals surface area contributed by atoms with Crippen molar-refractivity contribution in [3.05, 3.63) is 34.1 Å². The van der Waals surface area contributed by atoms with Crippen LogP contribution in [0.3, 0.4) is 0 Å². The van der Waals surface area contributed by atoms with Crippen LogP contribution in [0.15, 0.2) is 18.2 Å². The number of anilines is 1. The molecular weight excluding hydrogens is 235 g/mol. The first-order valence-electron chi connectivity index (χ1n) is 4.48. The van der Waals surface area contributed by atoms with E-state index in [2.05, 4.69) is 5.32 Å². The number of nitro groups is 1. The molecule has 0 amide bonds. The third-order valence-electron chi connectivity index (χ3n) is 1.81. The molecule has 1 atom stereocenters. The standard InChI is InChI=1S/C9H11FN2O3S/c1-16(15)3-2-11-8-4-7(10)5-9(6-8)12(13)14/h4-6,11H,2-3H2,1H3. The minimum atomic E-state index is -0.949. The summed E-state index contributed by atoms with van der Waals surface area (Å²) in [6.45, 7) is 0.379. The second kappa shape index (κ2) is 5.55. The number of benzene rings is 1. The van der Waals surface area contributed by atoms with Crippen LogP contribution in [0.1, 0.15) is 0 Å². The summed E-state index contributed by atoms with van der Waals surface area (Å²) >= 11 is 0. The van der Waals surface area contributed by atoms with E-state index in [0.717, 1.165) is 12.1 Å². The smallest absolute Gasteiger partial charge is 0.274 e. The van der Waals surface area contributed by atoms with E-state index in [9.17, 15) is 18.7 Å². The Hall–Kier alpha value is -1.50. The molecule has 0 spiro atoms. The molecule has 1 rings (SSSR count). The molecule has 0 aliphatic rings. The van der Waals surface area contributed by atoms with Crippen molar-refractivity contribution in [1.29, 1.82) is 0 Å². The number of hydrogen-bond donors (Lipinski definition) is 1. The first-order chi connectivity index (χ1) is 7.49. The Morgan fingerprint density at radius 3 is 2.75 bits per heavy atom. The molecular formula is C9H11FN2O3S. The van der Waals surface area contributed by atoms with Gasteiger partial charge in [-0.15, -0.1) is 0 Å². The van der Waals surface area contributed by atoms with E-state index >= 15 is 0 Å². The molecule has 0 aliphatic carbocycles. The van der Waals surface area contributed by atoms with E-state index in [1.165, 1.54) is 6.07 Å². The lowest BCUT2D eigenvalue weighted by Crippen LogP contribution is -2.10. The SMILES string of the molecule is CS(=O)CCNc1cc(F)cc([N+](=O)[O-])c1. The van der Waals surface area contributed by atoms with Gasteiger partial charge in [-0.3, -0.25) is 14.3 Å². The Balaban J connectivity index is 2.72. The maximum atomic E-state index is 13.0. The van der Waals surface area contributed by atoms with Gasteiger partial charge < -0.3 is 5.32 Å². The van der Waals surface area contributed by atoms with Gasteiger partial charge in [-0.25, -0.2) is 4.39 Å². The van der Waals surface area contributed by atoms with Crippen LogP contribution in [0.5, 0.6) is 0 Å². The van der Waals surface area contributed by atoms with E-state index < -0.39 is 21.5 Å². The summed E-state index contributed by atoms with van der Waals surface area (Å²) in [5.74, 6) is -0.265. The molecule has 5 nitrogen and oxygen atoms in total. The van der Waals surface area contributed by atoms with E-state index in [-0.39, 0.29) is 5.69 Å². The number of rotatable bonds is 5. The molecule has 0 fully saturated rings. The summed E-state index contributed by atoms with van der Waals surface area (Å²) in [4.78, 5) is 9.79. The highest BCUT2D eigenvalue weighted by Gasteiger charge is 2.09. The zero-order valence-electron chi connectivity index (χ0n) is 8.60. The summed E-state index contributed by atoms with van der Waals surface area (Å²) < 4.78 is 23.7.